The van der Waals surface area contributed by atoms with Gasteiger partial charge in [0.1, 0.15) is 12.4 Å². The van der Waals surface area contributed by atoms with Crippen LogP contribution in [-0.2, 0) is 4.79 Å². The molecule has 1 amide bonds. The Bertz CT molecular complexity index is 1200. The summed E-state index contributed by atoms with van der Waals surface area (Å²) in [5.41, 5.74) is 3.42. The second-order valence-electron chi connectivity index (χ2n) is 8.33. The van der Waals surface area contributed by atoms with E-state index in [1.54, 1.807) is 12.3 Å². The van der Waals surface area contributed by atoms with E-state index in [1.165, 1.54) is 0 Å². The van der Waals surface area contributed by atoms with Crippen molar-refractivity contribution in [3.05, 3.63) is 69.8 Å². The monoisotopic (exact) mass is 467 g/mol. The highest BCUT2D eigenvalue weighted by Crippen LogP contribution is 2.30. The highest BCUT2D eigenvalue weighted by Gasteiger charge is 2.25. The van der Waals surface area contributed by atoms with Crippen molar-refractivity contribution in [1.82, 2.24) is 10.3 Å². The van der Waals surface area contributed by atoms with Crippen LogP contribution in [0, 0.1) is 0 Å². The zero-order valence-corrected chi connectivity index (χ0v) is 18.9. The molecular formula is C25H23Cl2N3O2. The van der Waals surface area contributed by atoms with E-state index in [-0.39, 0.29) is 18.6 Å². The number of carbonyl (C=O) groups excluding carboxylic acids is 1. The smallest absolute Gasteiger partial charge is 0.250 e. The van der Waals surface area contributed by atoms with Crippen LogP contribution in [0.3, 0.4) is 0 Å². The largest absolute Gasteiger partial charge is 0.488 e. The van der Waals surface area contributed by atoms with Crippen LogP contribution in [0.5, 0.6) is 5.75 Å². The van der Waals surface area contributed by atoms with E-state index in [2.05, 4.69) is 15.6 Å². The molecule has 1 saturated carbocycles. The lowest BCUT2D eigenvalue weighted by atomic mass is 9.90. The average Bonchev–Trinajstić information content (AvgIpc) is 2.79. The molecule has 2 heterocycles. The van der Waals surface area contributed by atoms with Gasteiger partial charge < -0.3 is 15.4 Å². The summed E-state index contributed by atoms with van der Waals surface area (Å²) in [6.45, 7) is 0.274. The first-order valence-corrected chi connectivity index (χ1v) is 11.6. The summed E-state index contributed by atoms with van der Waals surface area (Å²) in [5, 5.41) is 9.22. The Balaban J connectivity index is 1.18. The molecule has 1 aliphatic carbocycles. The first-order chi connectivity index (χ1) is 15.5. The van der Waals surface area contributed by atoms with Crippen LogP contribution < -0.4 is 15.4 Å². The van der Waals surface area contributed by atoms with E-state index in [1.807, 2.05) is 42.5 Å². The molecule has 0 atom stereocenters. The maximum atomic E-state index is 12.8. The highest BCUT2D eigenvalue weighted by molar-refractivity contribution is 6.31. The lowest BCUT2D eigenvalue weighted by Gasteiger charge is -2.31. The van der Waals surface area contributed by atoms with Crippen LogP contribution in [0.4, 0.5) is 5.69 Å². The maximum Gasteiger partial charge on any atom is 0.250 e. The quantitative estimate of drug-likeness (QED) is 0.504. The molecule has 1 aromatic heterocycles. The number of rotatable bonds is 4. The van der Waals surface area contributed by atoms with Crippen molar-refractivity contribution in [3.63, 3.8) is 0 Å². The molecule has 32 heavy (non-hydrogen) atoms. The summed E-state index contributed by atoms with van der Waals surface area (Å²) < 4.78 is 5.72. The molecule has 1 fully saturated rings. The number of nitrogens with zero attached hydrogens (tertiary/aromatic N) is 1. The van der Waals surface area contributed by atoms with Gasteiger partial charge in [-0.2, -0.15) is 0 Å². The number of aromatic nitrogens is 1. The van der Waals surface area contributed by atoms with Crippen LogP contribution in [-0.4, -0.2) is 29.6 Å². The molecule has 5 nitrogen and oxygen atoms in total. The van der Waals surface area contributed by atoms with Crippen molar-refractivity contribution in [2.24, 2.45) is 0 Å². The summed E-state index contributed by atoms with van der Waals surface area (Å²) >= 11 is 12.2. The van der Waals surface area contributed by atoms with Gasteiger partial charge >= 0.3 is 0 Å². The molecule has 0 bridgehead atoms. The molecule has 0 spiro atoms. The molecule has 0 saturated heterocycles. The van der Waals surface area contributed by atoms with Gasteiger partial charge in [-0.25, -0.2) is 0 Å². The zero-order chi connectivity index (χ0) is 22.1. The Morgan fingerprint density at radius 3 is 2.56 bits per heavy atom. The fourth-order valence-electron chi connectivity index (χ4n) is 4.41. The number of pyridine rings is 1. The second kappa shape index (κ2) is 9.00. The molecule has 164 valence electrons. The average molecular weight is 468 g/mol. The summed E-state index contributed by atoms with van der Waals surface area (Å²) in [7, 11) is 0. The van der Waals surface area contributed by atoms with Crippen molar-refractivity contribution in [2.45, 2.75) is 37.8 Å². The number of hydrogen-bond acceptors (Lipinski definition) is 4. The number of halogens is 2. The predicted molar refractivity (Wildman–Crippen MR) is 129 cm³/mol. The number of carbonyl (C=O) groups is 1. The lowest BCUT2D eigenvalue weighted by Crippen LogP contribution is -2.41. The van der Waals surface area contributed by atoms with Crippen molar-refractivity contribution < 1.29 is 9.53 Å². The summed E-state index contributed by atoms with van der Waals surface area (Å²) in [4.78, 5) is 17.2. The van der Waals surface area contributed by atoms with E-state index < -0.39 is 0 Å². The van der Waals surface area contributed by atoms with Crippen molar-refractivity contribution in [2.75, 3.05) is 11.9 Å². The molecule has 2 aliphatic rings. The zero-order valence-electron chi connectivity index (χ0n) is 17.4. The van der Waals surface area contributed by atoms with Crippen LogP contribution >= 0.6 is 23.2 Å². The van der Waals surface area contributed by atoms with Gasteiger partial charge in [0.2, 0.25) is 0 Å². The Morgan fingerprint density at radius 1 is 0.969 bits per heavy atom. The molecule has 0 unspecified atom stereocenters. The van der Waals surface area contributed by atoms with Crippen molar-refractivity contribution in [1.29, 1.82) is 0 Å². The van der Waals surface area contributed by atoms with Gasteiger partial charge in [0, 0.05) is 45.0 Å². The first-order valence-electron chi connectivity index (χ1n) is 10.8. The third-order valence-corrected chi connectivity index (χ3v) is 6.57. The molecule has 5 rings (SSSR count). The van der Waals surface area contributed by atoms with E-state index in [0.29, 0.717) is 21.7 Å². The predicted octanol–water partition coefficient (Wildman–Crippen LogP) is 5.86. The van der Waals surface area contributed by atoms with Gasteiger partial charge in [-0.05, 0) is 74.2 Å². The number of fused-ring (bicyclic) bond motifs is 2. The SMILES string of the molecule is O=C(N[C@H]1CC[C@@H](Nc2ccnc3cc(Cl)ccc23)CC1)C1=Cc2cc(Cl)ccc2OC1. The maximum absolute atomic E-state index is 12.8. The van der Waals surface area contributed by atoms with Gasteiger partial charge in [0.15, 0.2) is 0 Å². The van der Waals surface area contributed by atoms with Gasteiger partial charge in [0.25, 0.3) is 5.91 Å². The molecule has 7 heteroatoms. The van der Waals surface area contributed by atoms with Gasteiger partial charge in [-0.1, -0.05) is 23.2 Å². The van der Waals surface area contributed by atoms with Crippen molar-refractivity contribution >= 4 is 51.8 Å². The molecule has 2 N–H and O–H groups in total. The molecule has 2 aromatic carbocycles. The number of anilines is 1. The Kier molecular flexibility index (Phi) is 5.94. The number of ether oxygens (including phenoxy) is 1. The van der Waals surface area contributed by atoms with Crippen molar-refractivity contribution in [3.8, 4) is 5.75 Å². The van der Waals surface area contributed by atoms with E-state index in [0.717, 1.165) is 53.6 Å². The number of nitrogens with one attached hydrogen (secondary N) is 2. The summed E-state index contributed by atoms with van der Waals surface area (Å²) in [6, 6.07) is 13.7. The third kappa shape index (κ3) is 4.54. The number of benzene rings is 2. The van der Waals surface area contributed by atoms with Crippen LogP contribution in [0.1, 0.15) is 31.2 Å². The summed E-state index contributed by atoms with van der Waals surface area (Å²) in [5.74, 6) is 0.687. The molecule has 3 aromatic rings. The Hall–Kier alpha value is -2.76. The Labute approximate surface area is 196 Å². The third-order valence-electron chi connectivity index (χ3n) is 6.10. The fourth-order valence-corrected chi connectivity index (χ4v) is 4.75. The lowest BCUT2D eigenvalue weighted by molar-refractivity contribution is -0.118. The van der Waals surface area contributed by atoms with Crippen LogP contribution in [0.25, 0.3) is 17.0 Å². The number of amides is 1. The molecular weight excluding hydrogens is 445 g/mol. The minimum atomic E-state index is -0.0657. The van der Waals surface area contributed by atoms with E-state index in [9.17, 15) is 4.79 Å². The van der Waals surface area contributed by atoms with Crippen LogP contribution in [0.15, 0.2) is 54.2 Å². The molecule has 1 aliphatic heterocycles. The molecule has 0 radical (unpaired) electrons. The normalized spacial score (nSPS) is 20.1. The van der Waals surface area contributed by atoms with E-state index in [4.69, 9.17) is 27.9 Å². The number of hydrogen-bond donors (Lipinski definition) is 2. The minimum Gasteiger partial charge on any atom is -0.488 e. The summed E-state index contributed by atoms with van der Waals surface area (Å²) in [6.07, 6.45) is 7.49. The topological polar surface area (TPSA) is 63.2 Å². The van der Waals surface area contributed by atoms with Crippen LogP contribution in [0.2, 0.25) is 10.0 Å². The fraction of sp³-hybridized carbons (Fsp3) is 0.280. The minimum absolute atomic E-state index is 0.0657. The highest BCUT2D eigenvalue weighted by atomic mass is 35.5. The second-order valence-corrected chi connectivity index (χ2v) is 9.20. The first kappa shape index (κ1) is 21.1. The van der Waals surface area contributed by atoms with Gasteiger partial charge in [0.05, 0.1) is 11.1 Å². The Morgan fingerprint density at radius 2 is 1.72 bits per heavy atom. The van der Waals surface area contributed by atoms with Gasteiger partial charge in [-0.3, -0.25) is 9.78 Å². The van der Waals surface area contributed by atoms with E-state index >= 15 is 0 Å². The standard InChI is InChI=1S/C25H23Cl2N3O2/c26-17-2-8-24-15(12-17)11-16(14-32-24)25(31)30-20-5-3-19(4-6-20)29-22-9-10-28-23-13-18(27)1-7-21(22)23/h1-2,7-13,19-20H,3-6,14H2,(H,28,29)(H,30,31)/t19-,20+. The van der Waals surface area contributed by atoms with Gasteiger partial charge in [-0.15, -0.1) is 0 Å².